The van der Waals surface area contributed by atoms with Gasteiger partial charge in [0.25, 0.3) is 0 Å². The number of methoxy groups -OCH3 is 1. The number of benzene rings is 2. The molecule has 4 rings (SSSR count). The standard InChI is InChI=1S/C25H28N6O3/c1-4-26-25-27-16(2)12-22(30-25)28-18-8-10-19(11-9-18)29-24(33)17-13-23(32)31(15-17)20-6-5-7-21(14-20)34-3/h5-12,14,17H,4,13,15H2,1-3H3,(H,29,33)(H2,26,27,28,30). The van der Waals surface area contributed by atoms with Crippen LogP contribution in [0.2, 0.25) is 0 Å². The van der Waals surface area contributed by atoms with Crippen LogP contribution in [0.1, 0.15) is 19.0 Å². The molecule has 2 amide bonds. The monoisotopic (exact) mass is 460 g/mol. The van der Waals surface area contributed by atoms with Gasteiger partial charge in [0.15, 0.2) is 0 Å². The van der Waals surface area contributed by atoms with E-state index < -0.39 is 5.92 Å². The maximum Gasteiger partial charge on any atom is 0.229 e. The molecule has 1 aliphatic rings. The van der Waals surface area contributed by atoms with Gasteiger partial charge >= 0.3 is 0 Å². The molecule has 2 aromatic carbocycles. The summed E-state index contributed by atoms with van der Waals surface area (Å²) in [5.41, 5.74) is 3.08. The lowest BCUT2D eigenvalue weighted by Gasteiger charge is -2.17. The van der Waals surface area contributed by atoms with Crippen molar-refractivity contribution in [2.75, 3.05) is 41.0 Å². The maximum absolute atomic E-state index is 12.8. The largest absolute Gasteiger partial charge is 0.497 e. The van der Waals surface area contributed by atoms with Crippen molar-refractivity contribution in [1.29, 1.82) is 0 Å². The lowest BCUT2D eigenvalue weighted by atomic mass is 10.1. The zero-order valence-corrected chi connectivity index (χ0v) is 19.5. The first-order chi connectivity index (χ1) is 16.4. The molecule has 0 bridgehead atoms. The second kappa shape index (κ2) is 10.2. The Kier molecular flexibility index (Phi) is 6.91. The molecule has 1 aliphatic heterocycles. The number of carbonyl (C=O) groups excluding carboxylic acids is 2. The van der Waals surface area contributed by atoms with Crippen molar-refractivity contribution in [2.45, 2.75) is 20.3 Å². The predicted octanol–water partition coefficient (Wildman–Crippen LogP) is 3.96. The van der Waals surface area contributed by atoms with E-state index in [1.165, 1.54) is 0 Å². The summed E-state index contributed by atoms with van der Waals surface area (Å²) in [6, 6.07) is 16.5. The highest BCUT2D eigenvalue weighted by atomic mass is 16.5. The molecule has 1 atom stereocenters. The minimum Gasteiger partial charge on any atom is -0.497 e. The Balaban J connectivity index is 1.37. The van der Waals surface area contributed by atoms with Gasteiger partial charge in [-0.05, 0) is 50.2 Å². The first-order valence-electron chi connectivity index (χ1n) is 11.2. The number of hydrogen-bond donors (Lipinski definition) is 3. The highest BCUT2D eigenvalue weighted by Crippen LogP contribution is 2.29. The van der Waals surface area contributed by atoms with Gasteiger partial charge in [0.05, 0.1) is 13.0 Å². The van der Waals surface area contributed by atoms with Crippen molar-refractivity contribution in [3.8, 4) is 5.75 Å². The van der Waals surface area contributed by atoms with E-state index in [1.807, 2.05) is 62.4 Å². The Morgan fingerprint density at radius 2 is 1.88 bits per heavy atom. The maximum atomic E-state index is 12.8. The van der Waals surface area contributed by atoms with Crippen molar-refractivity contribution in [1.82, 2.24) is 9.97 Å². The second-order valence-corrected chi connectivity index (χ2v) is 8.05. The first-order valence-corrected chi connectivity index (χ1v) is 11.2. The first kappa shape index (κ1) is 23.0. The molecule has 0 saturated carbocycles. The number of nitrogens with zero attached hydrogens (tertiary/aromatic N) is 3. The predicted molar refractivity (Wildman–Crippen MR) is 133 cm³/mol. The van der Waals surface area contributed by atoms with Crippen molar-refractivity contribution in [3.05, 3.63) is 60.3 Å². The fourth-order valence-electron chi connectivity index (χ4n) is 3.81. The van der Waals surface area contributed by atoms with Crippen LogP contribution in [0, 0.1) is 12.8 Å². The zero-order chi connectivity index (χ0) is 24.1. The van der Waals surface area contributed by atoms with Crippen LogP contribution in [0.4, 0.5) is 28.8 Å². The van der Waals surface area contributed by atoms with E-state index in [4.69, 9.17) is 4.74 Å². The van der Waals surface area contributed by atoms with Crippen LogP contribution in [-0.2, 0) is 9.59 Å². The normalized spacial score (nSPS) is 15.2. The summed E-state index contributed by atoms with van der Waals surface area (Å²) in [6.07, 6.45) is 0.171. The Labute approximate surface area is 198 Å². The Morgan fingerprint density at radius 1 is 1.12 bits per heavy atom. The molecule has 0 spiro atoms. The fourth-order valence-corrected chi connectivity index (χ4v) is 3.81. The lowest BCUT2D eigenvalue weighted by molar-refractivity contribution is -0.122. The van der Waals surface area contributed by atoms with E-state index in [2.05, 4.69) is 25.9 Å². The average molecular weight is 461 g/mol. The fraction of sp³-hybridized carbons (Fsp3) is 0.280. The second-order valence-electron chi connectivity index (χ2n) is 8.05. The molecular formula is C25H28N6O3. The van der Waals surface area contributed by atoms with Crippen LogP contribution in [0.3, 0.4) is 0 Å². The Hall–Kier alpha value is -4.14. The molecule has 176 valence electrons. The number of carbonyl (C=O) groups is 2. The average Bonchev–Trinajstić information content (AvgIpc) is 3.22. The van der Waals surface area contributed by atoms with Crippen molar-refractivity contribution in [3.63, 3.8) is 0 Å². The van der Waals surface area contributed by atoms with Gasteiger partial charge < -0.3 is 25.6 Å². The highest BCUT2D eigenvalue weighted by molar-refractivity contribution is 6.03. The van der Waals surface area contributed by atoms with Crippen LogP contribution in [0.25, 0.3) is 0 Å². The molecule has 1 saturated heterocycles. The van der Waals surface area contributed by atoms with Gasteiger partial charge in [0.2, 0.25) is 17.8 Å². The van der Waals surface area contributed by atoms with Crippen molar-refractivity contribution < 1.29 is 14.3 Å². The topological polar surface area (TPSA) is 108 Å². The summed E-state index contributed by atoms with van der Waals surface area (Å²) >= 11 is 0. The summed E-state index contributed by atoms with van der Waals surface area (Å²) in [5, 5.41) is 9.28. The van der Waals surface area contributed by atoms with Gasteiger partial charge in [-0.3, -0.25) is 9.59 Å². The zero-order valence-electron chi connectivity index (χ0n) is 19.5. The van der Waals surface area contributed by atoms with Gasteiger partial charge in [0, 0.05) is 54.4 Å². The number of aromatic nitrogens is 2. The summed E-state index contributed by atoms with van der Waals surface area (Å²) in [7, 11) is 1.58. The van der Waals surface area contributed by atoms with Crippen LogP contribution in [-0.4, -0.2) is 42.0 Å². The lowest BCUT2D eigenvalue weighted by Crippen LogP contribution is -2.28. The third kappa shape index (κ3) is 5.43. The van der Waals surface area contributed by atoms with Crippen LogP contribution < -0.4 is 25.6 Å². The minimum atomic E-state index is -0.426. The van der Waals surface area contributed by atoms with E-state index in [0.717, 1.165) is 23.6 Å². The number of rotatable bonds is 8. The third-order valence-electron chi connectivity index (χ3n) is 5.47. The molecule has 1 aromatic heterocycles. The number of nitrogens with one attached hydrogen (secondary N) is 3. The Bertz CT molecular complexity index is 1180. The number of anilines is 5. The Morgan fingerprint density at radius 3 is 2.62 bits per heavy atom. The van der Waals surface area contributed by atoms with E-state index in [9.17, 15) is 9.59 Å². The smallest absolute Gasteiger partial charge is 0.229 e. The molecule has 9 nitrogen and oxygen atoms in total. The van der Waals surface area contributed by atoms with Crippen LogP contribution in [0.15, 0.2) is 54.6 Å². The minimum absolute atomic E-state index is 0.0787. The molecule has 34 heavy (non-hydrogen) atoms. The van der Waals surface area contributed by atoms with Crippen molar-refractivity contribution in [2.24, 2.45) is 5.92 Å². The van der Waals surface area contributed by atoms with E-state index in [0.29, 0.717) is 29.7 Å². The SMILES string of the molecule is CCNc1nc(C)cc(Nc2ccc(NC(=O)C3CC(=O)N(c4cccc(OC)c4)C3)cc2)n1. The molecule has 1 unspecified atom stereocenters. The van der Waals surface area contributed by atoms with Gasteiger partial charge in [-0.15, -0.1) is 0 Å². The summed E-state index contributed by atoms with van der Waals surface area (Å²) < 4.78 is 5.24. The summed E-state index contributed by atoms with van der Waals surface area (Å²) in [5.74, 6) is 1.24. The number of hydrogen-bond acceptors (Lipinski definition) is 7. The molecule has 2 heterocycles. The van der Waals surface area contributed by atoms with Crippen LogP contribution in [0.5, 0.6) is 5.75 Å². The number of aryl methyl sites for hydroxylation is 1. The number of amides is 2. The third-order valence-corrected chi connectivity index (χ3v) is 5.47. The van der Waals surface area contributed by atoms with Crippen molar-refractivity contribution >= 4 is 40.6 Å². The quantitative estimate of drug-likeness (QED) is 0.467. The van der Waals surface area contributed by atoms with Gasteiger partial charge in [0.1, 0.15) is 11.6 Å². The number of ether oxygens (including phenoxy) is 1. The van der Waals surface area contributed by atoms with E-state index >= 15 is 0 Å². The van der Waals surface area contributed by atoms with E-state index in [-0.39, 0.29) is 18.2 Å². The summed E-state index contributed by atoms with van der Waals surface area (Å²) in [6.45, 7) is 4.97. The summed E-state index contributed by atoms with van der Waals surface area (Å²) in [4.78, 5) is 35.8. The van der Waals surface area contributed by atoms with E-state index in [1.54, 1.807) is 18.1 Å². The van der Waals surface area contributed by atoms with Crippen LogP contribution >= 0.6 is 0 Å². The van der Waals surface area contributed by atoms with Gasteiger partial charge in [-0.25, -0.2) is 4.98 Å². The molecule has 0 aliphatic carbocycles. The highest BCUT2D eigenvalue weighted by Gasteiger charge is 2.35. The molecule has 9 heteroatoms. The molecule has 1 fully saturated rings. The molecule has 0 radical (unpaired) electrons. The molecular weight excluding hydrogens is 432 g/mol. The van der Waals surface area contributed by atoms with Gasteiger partial charge in [-0.1, -0.05) is 6.07 Å². The molecule has 3 N–H and O–H groups in total. The van der Waals surface area contributed by atoms with Gasteiger partial charge in [-0.2, -0.15) is 4.98 Å². The molecule has 3 aromatic rings.